The van der Waals surface area contributed by atoms with Crippen LogP contribution in [0.3, 0.4) is 0 Å². The molecule has 1 aromatic heterocycles. The van der Waals surface area contributed by atoms with E-state index in [1.54, 1.807) is 6.07 Å². The van der Waals surface area contributed by atoms with Gasteiger partial charge in [0.1, 0.15) is 5.69 Å². The molecule has 17 heavy (non-hydrogen) atoms. The van der Waals surface area contributed by atoms with Crippen LogP contribution in [0.25, 0.3) is 0 Å². The lowest BCUT2D eigenvalue weighted by atomic mass is 10.3. The van der Waals surface area contributed by atoms with Crippen LogP contribution in [0.4, 0.5) is 5.95 Å². The standard InChI is InChI=1S/C12H18N4O/c1-3-13-11(17)10-8-9(2)14-12(15-10)16-6-4-5-7-16/h8H,3-7H2,1-2H3,(H,13,17). The van der Waals surface area contributed by atoms with E-state index >= 15 is 0 Å². The molecule has 0 atom stereocenters. The molecule has 0 bridgehead atoms. The van der Waals surface area contributed by atoms with E-state index in [2.05, 4.69) is 20.2 Å². The van der Waals surface area contributed by atoms with Crippen molar-refractivity contribution in [2.24, 2.45) is 0 Å². The third kappa shape index (κ3) is 2.72. The lowest BCUT2D eigenvalue weighted by Crippen LogP contribution is -2.26. The molecule has 0 saturated carbocycles. The van der Waals surface area contributed by atoms with Crippen LogP contribution in [-0.4, -0.2) is 35.5 Å². The number of aromatic nitrogens is 2. The van der Waals surface area contributed by atoms with Gasteiger partial charge in [0, 0.05) is 25.3 Å². The Morgan fingerprint density at radius 3 is 2.76 bits per heavy atom. The topological polar surface area (TPSA) is 58.1 Å². The fourth-order valence-corrected chi connectivity index (χ4v) is 1.98. The average Bonchev–Trinajstić information content (AvgIpc) is 2.82. The van der Waals surface area contributed by atoms with Gasteiger partial charge in [-0.25, -0.2) is 9.97 Å². The Balaban J connectivity index is 2.25. The Morgan fingerprint density at radius 1 is 1.41 bits per heavy atom. The minimum atomic E-state index is -0.126. The molecule has 0 spiro atoms. The van der Waals surface area contributed by atoms with E-state index < -0.39 is 0 Å². The van der Waals surface area contributed by atoms with E-state index in [1.807, 2.05) is 13.8 Å². The Kier molecular flexibility index (Phi) is 3.56. The molecule has 0 aromatic carbocycles. The summed E-state index contributed by atoms with van der Waals surface area (Å²) in [7, 11) is 0. The van der Waals surface area contributed by atoms with Crippen molar-refractivity contribution in [2.45, 2.75) is 26.7 Å². The summed E-state index contributed by atoms with van der Waals surface area (Å²) in [5.41, 5.74) is 1.30. The predicted octanol–water partition coefficient (Wildman–Crippen LogP) is 1.13. The maximum Gasteiger partial charge on any atom is 0.270 e. The van der Waals surface area contributed by atoms with Crippen molar-refractivity contribution in [1.82, 2.24) is 15.3 Å². The third-order valence-electron chi connectivity index (χ3n) is 2.80. The fourth-order valence-electron chi connectivity index (χ4n) is 1.98. The average molecular weight is 234 g/mol. The molecule has 1 aliphatic rings. The summed E-state index contributed by atoms with van der Waals surface area (Å²) in [4.78, 5) is 22.6. The summed E-state index contributed by atoms with van der Waals surface area (Å²) in [6.45, 7) is 6.37. The number of hydrogen-bond acceptors (Lipinski definition) is 4. The van der Waals surface area contributed by atoms with Crippen LogP contribution in [0.15, 0.2) is 6.07 Å². The highest BCUT2D eigenvalue weighted by Gasteiger charge is 2.17. The summed E-state index contributed by atoms with van der Waals surface area (Å²) in [5.74, 6) is 0.558. The maximum absolute atomic E-state index is 11.7. The lowest BCUT2D eigenvalue weighted by Gasteiger charge is -2.16. The first-order valence-corrected chi connectivity index (χ1v) is 6.09. The first kappa shape index (κ1) is 11.8. The molecule has 2 rings (SSSR count). The van der Waals surface area contributed by atoms with Gasteiger partial charge in [-0.2, -0.15) is 0 Å². The Hall–Kier alpha value is -1.65. The zero-order valence-corrected chi connectivity index (χ0v) is 10.4. The van der Waals surface area contributed by atoms with Crippen molar-refractivity contribution in [2.75, 3.05) is 24.5 Å². The second kappa shape index (κ2) is 5.12. The normalized spacial score (nSPS) is 15.1. The Morgan fingerprint density at radius 2 is 2.12 bits per heavy atom. The number of carbonyl (C=O) groups is 1. The van der Waals surface area contributed by atoms with E-state index in [0.717, 1.165) is 18.8 Å². The second-order valence-electron chi connectivity index (χ2n) is 4.25. The van der Waals surface area contributed by atoms with E-state index in [4.69, 9.17) is 0 Å². The van der Waals surface area contributed by atoms with Gasteiger partial charge in [-0.3, -0.25) is 4.79 Å². The number of carbonyl (C=O) groups excluding carboxylic acids is 1. The Labute approximate surface area is 101 Å². The van der Waals surface area contributed by atoms with Crippen LogP contribution >= 0.6 is 0 Å². The van der Waals surface area contributed by atoms with E-state index in [1.165, 1.54) is 12.8 Å². The van der Waals surface area contributed by atoms with Crippen molar-refractivity contribution in [3.63, 3.8) is 0 Å². The van der Waals surface area contributed by atoms with Crippen molar-refractivity contribution in [1.29, 1.82) is 0 Å². The zero-order valence-electron chi connectivity index (χ0n) is 10.4. The number of amides is 1. The van der Waals surface area contributed by atoms with Crippen LogP contribution in [0.5, 0.6) is 0 Å². The Bertz CT molecular complexity index is 413. The molecule has 1 amide bonds. The molecule has 92 valence electrons. The van der Waals surface area contributed by atoms with Gasteiger partial charge < -0.3 is 10.2 Å². The quantitative estimate of drug-likeness (QED) is 0.852. The predicted molar refractivity (Wildman–Crippen MR) is 66.2 cm³/mol. The molecule has 1 aromatic rings. The molecule has 5 nitrogen and oxygen atoms in total. The number of hydrogen-bond donors (Lipinski definition) is 1. The van der Waals surface area contributed by atoms with Gasteiger partial charge in [0.15, 0.2) is 0 Å². The molecule has 0 aliphatic carbocycles. The molecule has 1 saturated heterocycles. The summed E-state index contributed by atoms with van der Waals surface area (Å²) in [5, 5.41) is 2.76. The molecule has 0 unspecified atom stereocenters. The number of rotatable bonds is 3. The first-order chi connectivity index (χ1) is 8.20. The highest BCUT2D eigenvalue weighted by molar-refractivity contribution is 5.92. The van der Waals surface area contributed by atoms with Crippen molar-refractivity contribution >= 4 is 11.9 Å². The van der Waals surface area contributed by atoms with Gasteiger partial charge in [-0.15, -0.1) is 0 Å². The maximum atomic E-state index is 11.7. The van der Waals surface area contributed by atoms with Crippen molar-refractivity contribution in [3.05, 3.63) is 17.5 Å². The smallest absolute Gasteiger partial charge is 0.270 e. The van der Waals surface area contributed by atoms with Gasteiger partial charge in [0.05, 0.1) is 0 Å². The molecular weight excluding hydrogens is 216 g/mol. The van der Waals surface area contributed by atoms with E-state index in [-0.39, 0.29) is 5.91 Å². The van der Waals surface area contributed by atoms with Crippen LogP contribution in [-0.2, 0) is 0 Å². The molecule has 5 heteroatoms. The monoisotopic (exact) mass is 234 g/mol. The van der Waals surface area contributed by atoms with Gasteiger partial charge in [0.2, 0.25) is 5.95 Å². The zero-order chi connectivity index (χ0) is 12.3. The van der Waals surface area contributed by atoms with Crippen molar-refractivity contribution in [3.8, 4) is 0 Å². The van der Waals surface area contributed by atoms with Crippen molar-refractivity contribution < 1.29 is 4.79 Å². The van der Waals surface area contributed by atoms with Gasteiger partial charge in [-0.1, -0.05) is 0 Å². The van der Waals surface area contributed by atoms with E-state index in [9.17, 15) is 4.79 Å². The number of anilines is 1. The van der Waals surface area contributed by atoms with Gasteiger partial charge in [0.25, 0.3) is 5.91 Å². The lowest BCUT2D eigenvalue weighted by molar-refractivity contribution is 0.0950. The fraction of sp³-hybridized carbons (Fsp3) is 0.583. The van der Waals surface area contributed by atoms with Gasteiger partial charge in [-0.05, 0) is 32.8 Å². The summed E-state index contributed by atoms with van der Waals surface area (Å²) < 4.78 is 0. The number of aryl methyl sites for hydroxylation is 1. The first-order valence-electron chi connectivity index (χ1n) is 6.09. The van der Waals surface area contributed by atoms with Crippen LogP contribution in [0, 0.1) is 6.92 Å². The molecular formula is C12H18N4O. The highest BCUT2D eigenvalue weighted by atomic mass is 16.1. The minimum Gasteiger partial charge on any atom is -0.351 e. The van der Waals surface area contributed by atoms with Crippen LogP contribution in [0.2, 0.25) is 0 Å². The number of nitrogens with zero attached hydrogens (tertiary/aromatic N) is 3. The summed E-state index contributed by atoms with van der Waals surface area (Å²) in [6, 6.07) is 1.73. The molecule has 1 N–H and O–H groups in total. The number of nitrogens with one attached hydrogen (secondary N) is 1. The molecule has 1 fully saturated rings. The summed E-state index contributed by atoms with van der Waals surface area (Å²) >= 11 is 0. The molecule has 0 radical (unpaired) electrons. The van der Waals surface area contributed by atoms with Crippen LogP contribution in [0.1, 0.15) is 35.9 Å². The van der Waals surface area contributed by atoms with Gasteiger partial charge >= 0.3 is 0 Å². The summed E-state index contributed by atoms with van der Waals surface area (Å²) in [6.07, 6.45) is 2.35. The van der Waals surface area contributed by atoms with Crippen LogP contribution < -0.4 is 10.2 Å². The highest BCUT2D eigenvalue weighted by Crippen LogP contribution is 2.16. The molecule has 1 aliphatic heterocycles. The SMILES string of the molecule is CCNC(=O)c1cc(C)nc(N2CCCC2)n1. The third-order valence-corrected chi connectivity index (χ3v) is 2.80. The second-order valence-corrected chi connectivity index (χ2v) is 4.25. The van der Waals surface area contributed by atoms with E-state index in [0.29, 0.717) is 18.2 Å². The minimum absolute atomic E-state index is 0.126. The molecule has 2 heterocycles. The largest absolute Gasteiger partial charge is 0.351 e.